The highest BCUT2D eigenvalue weighted by Gasteiger charge is 2.14. The fraction of sp³-hybridized carbons (Fsp3) is 0.333. The van der Waals surface area contributed by atoms with Crippen molar-refractivity contribution in [1.29, 1.82) is 0 Å². The fourth-order valence-electron chi connectivity index (χ4n) is 3.34. The number of nitrogen functional groups attached to an aromatic ring is 1. The summed E-state index contributed by atoms with van der Waals surface area (Å²) in [5, 5.41) is 6.54. The third-order valence-corrected chi connectivity index (χ3v) is 5.07. The molecule has 4 rings (SSSR count). The third-order valence-electron chi connectivity index (χ3n) is 5.07. The van der Waals surface area contributed by atoms with E-state index < -0.39 is 0 Å². The first kappa shape index (κ1) is 18.3. The minimum Gasteiger partial charge on any atom is -0.394 e. The van der Waals surface area contributed by atoms with E-state index in [0.717, 1.165) is 50.4 Å². The number of rotatable bonds is 5. The number of piperazine rings is 1. The fourth-order valence-corrected chi connectivity index (χ4v) is 3.34. The molecule has 4 N–H and O–H groups in total. The number of hydrogen-bond donors (Lipinski definition) is 3. The van der Waals surface area contributed by atoms with Gasteiger partial charge in [-0.1, -0.05) is 12.2 Å². The van der Waals surface area contributed by atoms with Crippen LogP contribution < -0.4 is 21.3 Å². The molecule has 2 aromatic rings. The molecule has 0 amide bonds. The molecule has 1 aromatic carbocycles. The van der Waals surface area contributed by atoms with Crippen molar-refractivity contribution in [2.24, 2.45) is 0 Å². The highest BCUT2D eigenvalue weighted by molar-refractivity contribution is 5.67. The predicted molar refractivity (Wildman–Crippen MR) is 116 cm³/mol. The Labute approximate surface area is 166 Å². The Morgan fingerprint density at radius 3 is 2.50 bits per heavy atom. The third kappa shape index (κ3) is 4.43. The molecular formula is C21H27N7. The first-order valence-electron chi connectivity index (χ1n) is 9.74. The number of hydrogen-bond acceptors (Lipinski definition) is 7. The molecule has 2 aliphatic rings. The van der Waals surface area contributed by atoms with Gasteiger partial charge in [-0.25, -0.2) is 4.98 Å². The summed E-state index contributed by atoms with van der Waals surface area (Å²) in [6.45, 7) is 4.31. The van der Waals surface area contributed by atoms with Crippen LogP contribution in [0.4, 0.5) is 28.8 Å². The van der Waals surface area contributed by atoms with Crippen molar-refractivity contribution in [2.45, 2.75) is 12.8 Å². The van der Waals surface area contributed by atoms with Gasteiger partial charge in [0, 0.05) is 43.3 Å². The zero-order chi connectivity index (χ0) is 19.3. The van der Waals surface area contributed by atoms with Crippen LogP contribution >= 0.6 is 0 Å². The van der Waals surface area contributed by atoms with Gasteiger partial charge in [-0.05, 0) is 50.2 Å². The van der Waals surface area contributed by atoms with Gasteiger partial charge in [0.25, 0.3) is 0 Å². The van der Waals surface area contributed by atoms with Crippen molar-refractivity contribution < 1.29 is 0 Å². The summed E-state index contributed by atoms with van der Waals surface area (Å²) in [5.41, 5.74) is 9.77. The number of nitrogens with two attached hydrogens (primary N) is 1. The molecular weight excluding hydrogens is 350 g/mol. The van der Waals surface area contributed by atoms with Crippen molar-refractivity contribution in [3.63, 3.8) is 0 Å². The van der Waals surface area contributed by atoms with Gasteiger partial charge < -0.3 is 26.2 Å². The van der Waals surface area contributed by atoms with Crippen LogP contribution in [0.15, 0.2) is 54.4 Å². The second kappa shape index (κ2) is 8.31. The molecule has 0 radical (unpaired) electrons. The summed E-state index contributed by atoms with van der Waals surface area (Å²) < 4.78 is 0. The van der Waals surface area contributed by atoms with Crippen molar-refractivity contribution in [3.05, 3.63) is 54.4 Å². The van der Waals surface area contributed by atoms with Crippen LogP contribution in [0.5, 0.6) is 0 Å². The summed E-state index contributed by atoms with van der Waals surface area (Å²) >= 11 is 0. The molecule has 0 unspecified atom stereocenters. The van der Waals surface area contributed by atoms with E-state index in [1.54, 1.807) is 6.20 Å². The lowest BCUT2D eigenvalue weighted by molar-refractivity contribution is 0.313. The minimum absolute atomic E-state index is 0.518. The summed E-state index contributed by atoms with van der Waals surface area (Å²) in [7, 11) is 2.17. The maximum atomic E-state index is 6.04. The number of allylic oxidation sites excluding steroid dienone is 3. The molecule has 146 valence electrons. The molecule has 1 fully saturated rings. The van der Waals surface area contributed by atoms with Crippen molar-refractivity contribution in [2.75, 3.05) is 54.5 Å². The number of benzene rings is 1. The van der Waals surface area contributed by atoms with Crippen LogP contribution in [-0.4, -0.2) is 48.1 Å². The number of nitrogens with zero attached hydrogens (tertiary/aromatic N) is 4. The van der Waals surface area contributed by atoms with E-state index in [1.165, 1.54) is 5.69 Å². The molecule has 1 aliphatic heterocycles. The van der Waals surface area contributed by atoms with Crippen molar-refractivity contribution >= 4 is 28.8 Å². The monoisotopic (exact) mass is 377 g/mol. The van der Waals surface area contributed by atoms with Crippen LogP contribution in [0.25, 0.3) is 0 Å². The molecule has 0 saturated carbocycles. The summed E-state index contributed by atoms with van der Waals surface area (Å²) in [6.07, 6.45) is 10.1. The summed E-state index contributed by atoms with van der Waals surface area (Å²) in [4.78, 5) is 13.6. The second-order valence-electron chi connectivity index (χ2n) is 7.22. The van der Waals surface area contributed by atoms with Gasteiger partial charge >= 0.3 is 0 Å². The highest BCUT2D eigenvalue weighted by Crippen LogP contribution is 2.24. The molecule has 0 bridgehead atoms. The Balaban J connectivity index is 1.43. The molecule has 7 heteroatoms. The zero-order valence-electron chi connectivity index (χ0n) is 16.2. The van der Waals surface area contributed by atoms with Crippen LogP contribution in [0.1, 0.15) is 12.8 Å². The van der Waals surface area contributed by atoms with Gasteiger partial charge in [0.2, 0.25) is 5.95 Å². The molecule has 7 nitrogen and oxygen atoms in total. The molecule has 28 heavy (non-hydrogen) atoms. The van der Waals surface area contributed by atoms with E-state index in [2.05, 4.69) is 79.9 Å². The number of aromatic nitrogens is 2. The Morgan fingerprint density at radius 1 is 1.00 bits per heavy atom. The quantitative estimate of drug-likeness (QED) is 0.738. The maximum Gasteiger partial charge on any atom is 0.229 e. The smallest absolute Gasteiger partial charge is 0.229 e. The van der Waals surface area contributed by atoms with E-state index in [4.69, 9.17) is 5.73 Å². The lowest BCUT2D eigenvalue weighted by Crippen LogP contribution is -2.44. The normalized spacial score (nSPS) is 17.3. The molecule has 1 saturated heterocycles. The van der Waals surface area contributed by atoms with E-state index in [9.17, 15) is 0 Å². The Kier molecular flexibility index (Phi) is 5.43. The van der Waals surface area contributed by atoms with Gasteiger partial charge in [0.15, 0.2) is 5.82 Å². The van der Waals surface area contributed by atoms with Crippen LogP contribution in [-0.2, 0) is 0 Å². The molecule has 1 aromatic heterocycles. The highest BCUT2D eigenvalue weighted by atomic mass is 15.2. The largest absolute Gasteiger partial charge is 0.394 e. The summed E-state index contributed by atoms with van der Waals surface area (Å²) in [5.74, 6) is 1.13. The van der Waals surface area contributed by atoms with E-state index >= 15 is 0 Å². The van der Waals surface area contributed by atoms with Crippen LogP contribution in [0.2, 0.25) is 0 Å². The van der Waals surface area contributed by atoms with Crippen molar-refractivity contribution in [1.82, 2.24) is 14.9 Å². The van der Waals surface area contributed by atoms with E-state index in [0.29, 0.717) is 17.5 Å². The number of anilines is 5. The summed E-state index contributed by atoms with van der Waals surface area (Å²) in [6, 6.07) is 8.41. The van der Waals surface area contributed by atoms with Gasteiger partial charge in [0.1, 0.15) is 0 Å². The van der Waals surface area contributed by atoms with E-state index in [1.807, 2.05) is 0 Å². The zero-order valence-corrected chi connectivity index (χ0v) is 16.2. The minimum atomic E-state index is 0.518. The lowest BCUT2D eigenvalue weighted by atomic mass is 10.1. The van der Waals surface area contributed by atoms with Crippen molar-refractivity contribution in [3.8, 4) is 0 Å². The van der Waals surface area contributed by atoms with E-state index in [-0.39, 0.29) is 0 Å². The Morgan fingerprint density at radius 2 is 1.79 bits per heavy atom. The van der Waals surface area contributed by atoms with Gasteiger partial charge in [-0.15, -0.1) is 0 Å². The molecule has 0 spiro atoms. The van der Waals surface area contributed by atoms with Crippen LogP contribution in [0, 0.1) is 0 Å². The average molecular weight is 377 g/mol. The number of likely N-dealkylation sites (N-methyl/N-ethyl adjacent to an activating group) is 1. The number of nitrogens with one attached hydrogen (secondary N) is 2. The lowest BCUT2D eigenvalue weighted by Gasteiger charge is -2.34. The van der Waals surface area contributed by atoms with Crippen LogP contribution in [0.3, 0.4) is 0 Å². The standard InChI is InChI=1S/C21H27N7/c1-27-11-13-28(14-12-27)18-9-7-17(8-10-18)25-21-23-15-19(22)20(26-21)24-16-5-3-2-4-6-16/h3,5-10,15H,2,4,11-14,22H2,1H3,(H2,23,24,25,26). The predicted octanol–water partition coefficient (Wildman–Crippen LogP) is 3.20. The van der Waals surface area contributed by atoms with Gasteiger partial charge in [-0.3, -0.25) is 0 Å². The molecule has 0 atom stereocenters. The second-order valence-corrected chi connectivity index (χ2v) is 7.22. The Hall–Kier alpha value is -3.06. The maximum absolute atomic E-state index is 6.04. The first-order valence-corrected chi connectivity index (χ1v) is 9.74. The van der Waals surface area contributed by atoms with Gasteiger partial charge in [0.05, 0.1) is 11.9 Å². The molecule has 2 heterocycles. The SMILES string of the molecule is CN1CCN(c2ccc(Nc3ncc(N)c(NC4=CCCC=C4)n3)cc2)CC1. The topological polar surface area (TPSA) is 82.3 Å². The average Bonchev–Trinajstić information content (AvgIpc) is 2.73. The molecule has 1 aliphatic carbocycles. The Bertz CT molecular complexity index is 865. The van der Waals surface area contributed by atoms with Gasteiger partial charge in [-0.2, -0.15) is 4.98 Å². The first-order chi connectivity index (χ1) is 13.7.